The molecule has 0 aromatic heterocycles. The van der Waals surface area contributed by atoms with Crippen molar-refractivity contribution in [2.45, 2.75) is 31.8 Å². The zero-order valence-electron chi connectivity index (χ0n) is 7.50. The number of alkyl halides is 1. The fourth-order valence-electron chi connectivity index (χ4n) is 1.46. The Labute approximate surface area is 94.8 Å². The fourth-order valence-corrected chi connectivity index (χ4v) is 2.01. The van der Waals surface area contributed by atoms with E-state index in [9.17, 15) is 0 Å². The van der Waals surface area contributed by atoms with Gasteiger partial charge in [-0.25, -0.2) is 0 Å². The van der Waals surface area contributed by atoms with E-state index in [1.54, 1.807) is 0 Å². The summed E-state index contributed by atoms with van der Waals surface area (Å²) in [5, 5.41) is 0. The molecule has 0 aromatic carbocycles. The van der Waals surface area contributed by atoms with Crippen LogP contribution >= 0.6 is 35.0 Å². The summed E-state index contributed by atoms with van der Waals surface area (Å²) in [6.45, 7) is 4.69. The Morgan fingerprint density at radius 2 is 2.00 bits per heavy atom. The molecule has 1 atom stereocenters. The van der Waals surface area contributed by atoms with Crippen molar-refractivity contribution in [3.05, 3.63) is 0 Å². The summed E-state index contributed by atoms with van der Waals surface area (Å²) in [7, 11) is 0. The second kappa shape index (κ2) is 6.40. The first kappa shape index (κ1) is 12.9. The minimum atomic E-state index is 0. The summed E-state index contributed by atoms with van der Waals surface area (Å²) in [5.41, 5.74) is 5.81. The highest BCUT2D eigenvalue weighted by Gasteiger charge is 2.19. The molecule has 74 valence electrons. The Hall–Kier alpha value is 0.940. The van der Waals surface area contributed by atoms with Crippen molar-refractivity contribution >= 4 is 35.0 Å². The van der Waals surface area contributed by atoms with E-state index in [1.165, 1.54) is 30.4 Å². The molecule has 4 heteroatoms. The van der Waals surface area contributed by atoms with E-state index in [1.807, 2.05) is 0 Å². The summed E-state index contributed by atoms with van der Waals surface area (Å²) in [6.07, 6.45) is 2.36. The van der Waals surface area contributed by atoms with Crippen molar-refractivity contribution < 1.29 is 0 Å². The molecule has 1 heterocycles. The quantitative estimate of drug-likeness (QED) is 0.621. The topological polar surface area (TPSA) is 29.3 Å². The van der Waals surface area contributed by atoms with Crippen LogP contribution in [0, 0.1) is 0 Å². The van der Waals surface area contributed by atoms with Crippen molar-refractivity contribution in [2.24, 2.45) is 5.73 Å². The lowest BCUT2D eigenvalue weighted by Gasteiger charge is -2.33. The zero-order chi connectivity index (χ0) is 8.27. The van der Waals surface area contributed by atoms with Gasteiger partial charge in [-0.2, -0.15) is 0 Å². The van der Waals surface area contributed by atoms with Gasteiger partial charge in [-0.3, -0.25) is 4.90 Å². The van der Waals surface area contributed by atoms with Crippen LogP contribution in [0.25, 0.3) is 0 Å². The Morgan fingerprint density at radius 3 is 2.42 bits per heavy atom. The van der Waals surface area contributed by atoms with Crippen LogP contribution in [0.4, 0.5) is 0 Å². The summed E-state index contributed by atoms with van der Waals surface area (Å²) in [6, 6.07) is 1.20. The molecule has 1 rings (SSSR count). The number of hydrogen-bond acceptors (Lipinski definition) is 2. The molecule has 2 N–H and O–H groups in total. The Balaban J connectivity index is 0.00000121. The van der Waals surface area contributed by atoms with Gasteiger partial charge in [0.2, 0.25) is 0 Å². The van der Waals surface area contributed by atoms with Gasteiger partial charge in [-0.1, -0.05) is 22.6 Å². The number of halogens is 2. The van der Waals surface area contributed by atoms with Crippen LogP contribution in [0.3, 0.4) is 0 Å². The Bertz CT molecular complexity index is 116. The molecular formula is C8H18ClIN2. The van der Waals surface area contributed by atoms with E-state index in [0.717, 1.165) is 6.04 Å². The molecular weight excluding hydrogens is 286 g/mol. The molecule has 0 bridgehead atoms. The van der Waals surface area contributed by atoms with E-state index in [-0.39, 0.29) is 12.4 Å². The highest BCUT2D eigenvalue weighted by molar-refractivity contribution is 14.1. The van der Waals surface area contributed by atoms with Crippen LogP contribution in [-0.4, -0.2) is 34.5 Å². The van der Waals surface area contributed by atoms with Crippen LogP contribution in [0.15, 0.2) is 0 Å². The van der Waals surface area contributed by atoms with Crippen molar-refractivity contribution in [1.29, 1.82) is 0 Å². The van der Waals surface area contributed by atoms with Crippen molar-refractivity contribution in [2.75, 3.05) is 17.5 Å². The lowest BCUT2D eigenvalue weighted by molar-refractivity contribution is 0.177. The lowest BCUT2D eigenvalue weighted by atomic mass is 10.1. The number of nitrogens with two attached hydrogens (primary N) is 1. The van der Waals surface area contributed by atoms with Gasteiger partial charge >= 0.3 is 0 Å². The summed E-state index contributed by atoms with van der Waals surface area (Å²) < 4.78 is 1.23. The minimum absolute atomic E-state index is 0. The molecule has 1 saturated heterocycles. The SMILES string of the molecule is CC(CI)N1CCC(N)CC1.Cl. The molecule has 1 aliphatic heterocycles. The van der Waals surface area contributed by atoms with Crippen LogP contribution in [0.2, 0.25) is 0 Å². The van der Waals surface area contributed by atoms with Gasteiger partial charge in [0.1, 0.15) is 0 Å². The number of rotatable bonds is 2. The van der Waals surface area contributed by atoms with Crippen LogP contribution in [-0.2, 0) is 0 Å². The average Bonchev–Trinajstić information content (AvgIpc) is 2.05. The third-order valence-corrected chi connectivity index (χ3v) is 3.70. The molecule has 1 fully saturated rings. The van der Waals surface area contributed by atoms with Gasteiger partial charge in [-0.15, -0.1) is 12.4 Å². The highest BCUT2D eigenvalue weighted by atomic mass is 127. The third-order valence-electron chi connectivity index (χ3n) is 2.42. The number of nitrogens with zero attached hydrogens (tertiary/aromatic N) is 1. The Morgan fingerprint density at radius 1 is 1.50 bits per heavy atom. The first-order valence-corrected chi connectivity index (χ1v) is 5.82. The van der Waals surface area contributed by atoms with Crippen molar-refractivity contribution in [1.82, 2.24) is 4.90 Å². The maximum absolute atomic E-state index is 5.81. The minimum Gasteiger partial charge on any atom is -0.328 e. The number of likely N-dealkylation sites (tertiary alicyclic amines) is 1. The predicted molar refractivity (Wildman–Crippen MR) is 64.4 cm³/mol. The summed E-state index contributed by atoms with van der Waals surface area (Å²) in [4.78, 5) is 2.54. The van der Waals surface area contributed by atoms with Gasteiger partial charge in [0.25, 0.3) is 0 Å². The molecule has 2 nitrogen and oxygen atoms in total. The largest absolute Gasteiger partial charge is 0.328 e. The molecule has 0 spiro atoms. The van der Waals surface area contributed by atoms with Gasteiger partial charge in [0, 0.05) is 16.5 Å². The highest BCUT2D eigenvalue weighted by Crippen LogP contribution is 2.12. The van der Waals surface area contributed by atoms with Gasteiger partial charge < -0.3 is 5.73 Å². The van der Waals surface area contributed by atoms with E-state index < -0.39 is 0 Å². The summed E-state index contributed by atoms with van der Waals surface area (Å²) in [5.74, 6) is 0. The lowest BCUT2D eigenvalue weighted by Crippen LogP contribution is -2.44. The molecule has 0 aromatic rings. The maximum atomic E-state index is 5.81. The summed E-state index contributed by atoms with van der Waals surface area (Å²) >= 11 is 2.45. The number of piperidine rings is 1. The molecule has 1 unspecified atom stereocenters. The predicted octanol–water partition coefficient (Wildman–Crippen LogP) is 1.65. The van der Waals surface area contributed by atoms with E-state index in [4.69, 9.17) is 5.73 Å². The second-order valence-corrected chi connectivity index (χ2v) is 4.26. The van der Waals surface area contributed by atoms with Gasteiger partial charge in [-0.05, 0) is 32.9 Å². The smallest absolute Gasteiger partial charge is 0.0157 e. The number of hydrogen-bond donors (Lipinski definition) is 1. The zero-order valence-corrected chi connectivity index (χ0v) is 10.5. The average molecular weight is 305 g/mol. The van der Waals surface area contributed by atoms with Crippen LogP contribution < -0.4 is 5.73 Å². The van der Waals surface area contributed by atoms with E-state index >= 15 is 0 Å². The van der Waals surface area contributed by atoms with Crippen molar-refractivity contribution in [3.63, 3.8) is 0 Å². The fraction of sp³-hybridized carbons (Fsp3) is 1.00. The van der Waals surface area contributed by atoms with Gasteiger partial charge in [0.15, 0.2) is 0 Å². The molecule has 0 radical (unpaired) electrons. The molecule has 0 saturated carbocycles. The third kappa shape index (κ3) is 3.77. The first-order valence-electron chi connectivity index (χ1n) is 4.29. The molecule has 1 aliphatic rings. The van der Waals surface area contributed by atoms with E-state index in [2.05, 4.69) is 34.4 Å². The molecule has 12 heavy (non-hydrogen) atoms. The van der Waals surface area contributed by atoms with Crippen LogP contribution in [0.5, 0.6) is 0 Å². The monoisotopic (exact) mass is 304 g/mol. The molecule has 0 aliphatic carbocycles. The molecule has 0 amide bonds. The van der Waals surface area contributed by atoms with Crippen LogP contribution in [0.1, 0.15) is 19.8 Å². The standard InChI is InChI=1S/C8H17IN2.ClH/c1-7(6-9)11-4-2-8(10)3-5-11;/h7-8H,2-6,10H2,1H3;1H. The maximum Gasteiger partial charge on any atom is 0.0157 e. The first-order chi connectivity index (χ1) is 5.24. The normalized spacial score (nSPS) is 23.2. The Kier molecular flexibility index (Phi) is 6.90. The second-order valence-electron chi connectivity index (χ2n) is 3.38. The van der Waals surface area contributed by atoms with E-state index in [0.29, 0.717) is 6.04 Å². The van der Waals surface area contributed by atoms with Gasteiger partial charge in [0.05, 0.1) is 0 Å². The van der Waals surface area contributed by atoms with Crippen molar-refractivity contribution in [3.8, 4) is 0 Å².